The lowest BCUT2D eigenvalue weighted by Crippen LogP contribution is -2.43. The maximum Gasteiger partial charge on any atom is 0.306 e. The molecule has 0 fully saturated rings. The number of esters is 1. The second-order valence-electron chi connectivity index (χ2n) is 7.99. The van der Waals surface area contributed by atoms with Crippen molar-refractivity contribution in [3.63, 3.8) is 0 Å². The molecular weight excluding hydrogens is 342 g/mol. The zero-order valence-electron chi connectivity index (χ0n) is 16.5. The van der Waals surface area contributed by atoms with Crippen molar-refractivity contribution in [2.75, 3.05) is 20.7 Å². The van der Waals surface area contributed by atoms with Crippen molar-refractivity contribution >= 4 is 5.97 Å². The molecule has 5 nitrogen and oxygen atoms in total. The smallest absolute Gasteiger partial charge is 0.306 e. The van der Waals surface area contributed by atoms with Crippen LogP contribution in [0.15, 0.2) is 24.3 Å². The largest absolute Gasteiger partial charge is 0.493 e. The van der Waals surface area contributed by atoms with Gasteiger partial charge in [-0.25, -0.2) is 0 Å². The summed E-state index contributed by atoms with van der Waals surface area (Å²) in [5.74, 6) is 1.55. The number of carbonyl (C=O) groups is 1. The molecule has 0 amide bonds. The normalized spacial score (nSPS) is 28.7. The maximum atomic E-state index is 12.1. The minimum atomic E-state index is -0.213. The van der Waals surface area contributed by atoms with E-state index in [1.807, 2.05) is 6.07 Å². The van der Waals surface area contributed by atoms with Crippen molar-refractivity contribution < 1.29 is 19.0 Å². The summed E-state index contributed by atoms with van der Waals surface area (Å²) in [5, 5.41) is 0. The van der Waals surface area contributed by atoms with E-state index < -0.39 is 0 Å². The Hall–Kier alpha value is -2.01. The molecule has 4 rings (SSSR count). The summed E-state index contributed by atoms with van der Waals surface area (Å²) in [5.41, 5.74) is 2.41. The molecule has 2 aliphatic heterocycles. The monoisotopic (exact) mass is 371 g/mol. The predicted octanol–water partition coefficient (Wildman–Crippen LogP) is 3.59. The topological polar surface area (TPSA) is 48.0 Å². The van der Waals surface area contributed by atoms with E-state index in [2.05, 4.69) is 37.1 Å². The molecule has 1 aliphatic carbocycles. The molecule has 3 aliphatic rings. The van der Waals surface area contributed by atoms with Crippen LogP contribution in [-0.2, 0) is 21.5 Å². The number of benzene rings is 1. The average molecular weight is 371 g/mol. The Balaban J connectivity index is 1.66. The predicted molar refractivity (Wildman–Crippen MR) is 103 cm³/mol. The van der Waals surface area contributed by atoms with Crippen molar-refractivity contribution in [2.24, 2.45) is 0 Å². The number of ether oxygens (including phenoxy) is 3. The fourth-order valence-electron chi connectivity index (χ4n) is 4.70. The molecule has 1 aromatic rings. The summed E-state index contributed by atoms with van der Waals surface area (Å²) in [6, 6.07) is 4.17. The van der Waals surface area contributed by atoms with Gasteiger partial charge in [0.2, 0.25) is 0 Å². The SMILES string of the molecule is CCCCC(=O)O[C@H]1C=C[C@@]23CCN(C)Cc4ccc(OC)c(c42)O[C@H]3C1. The van der Waals surface area contributed by atoms with Crippen molar-refractivity contribution in [2.45, 2.75) is 63.2 Å². The van der Waals surface area contributed by atoms with Crippen LogP contribution in [0, 0.1) is 0 Å². The number of rotatable bonds is 5. The Bertz CT molecular complexity index is 759. The highest BCUT2D eigenvalue weighted by atomic mass is 16.6. The third-order valence-corrected chi connectivity index (χ3v) is 6.15. The average Bonchev–Trinajstić information content (AvgIpc) is 2.92. The number of hydrogen-bond donors (Lipinski definition) is 0. The van der Waals surface area contributed by atoms with Crippen molar-refractivity contribution in [1.29, 1.82) is 0 Å². The van der Waals surface area contributed by atoms with Crippen molar-refractivity contribution in [3.8, 4) is 11.5 Å². The molecule has 3 atom stereocenters. The van der Waals surface area contributed by atoms with E-state index >= 15 is 0 Å². The maximum absolute atomic E-state index is 12.1. The van der Waals surface area contributed by atoms with Gasteiger partial charge in [-0.15, -0.1) is 0 Å². The molecule has 0 N–H and O–H groups in total. The molecule has 0 aromatic heterocycles. The quantitative estimate of drug-likeness (QED) is 0.585. The summed E-state index contributed by atoms with van der Waals surface area (Å²) in [6.07, 6.45) is 8.12. The van der Waals surface area contributed by atoms with Crippen molar-refractivity contribution in [3.05, 3.63) is 35.4 Å². The lowest BCUT2D eigenvalue weighted by Gasteiger charge is -2.36. The molecule has 0 unspecified atom stereocenters. The zero-order valence-corrected chi connectivity index (χ0v) is 16.5. The Kier molecular flexibility index (Phi) is 4.89. The lowest BCUT2D eigenvalue weighted by molar-refractivity contribution is -0.148. The van der Waals surface area contributed by atoms with Gasteiger partial charge in [0.15, 0.2) is 11.5 Å². The van der Waals surface area contributed by atoms with Crippen LogP contribution in [0.5, 0.6) is 11.5 Å². The third-order valence-electron chi connectivity index (χ3n) is 6.15. The van der Waals surface area contributed by atoms with Crippen LogP contribution < -0.4 is 9.47 Å². The second-order valence-corrected chi connectivity index (χ2v) is 7.99. The van der Waals surface area contributed by atoms with E-state index in [0.717, 1.165) is 43.9 Å². The minimum absolute atomic E-state index is 0.0250. The standard InChI is InChI=1S/C22H29NO4/c1-4-5-6-19(24)26-16-9-10-22-11-12-23(2)14-15-7-8-17(25-3)21(20(15)22)27-18(22)13-16/h7-10,16,18H,4-6,11-14H2,1-3H3/t16-,18-,22-/m0/s1. The molecule has 0 saturated carbocycles. The van der Waals surface area contributed by atoms with Crippen LogP contribution in [0.25, 0.3) is 0 Å². The molecule has 27 heavy (non-hydrogen) atoms. The van der Waals surface area contributed by atoms with E-state index in [1.165, 1.54) is 11.1 Å². The number of hydrogen-bond acceptors (Lipinski definition) is 5. The number of carbonyl (C=O) groups excluding carboxylic acids is 1. The first-order chi connectivity index (χ1) is 13.1. The summed E-state index contributed by atoms with van der Waals surface area (Å²) in [4.78, 5) is 14.4. The second kappa shape index (κ2) is 7.19. The van der Waals surface area contributed by atoms with Gasteiger partial charge in [-0.2, -0.15) is 0 Å². The highest BCUT2D eigenvalue weighted by molar-refractivity contribution is 5.70. The summed E-state index contributed by atoms with van der Waals surface area (Å²) < 4.78 is 17.7. The minimum Gasteiger partial charge on any atom is -0.493 e. The van der Waals surface area contributed by atoms with Gasteiger partial charge in [-0.05, 0) is 44.1 Å². The third kappa shape index (κ3) is 3.12. The Morgan fingerprint density at radius 1 is 1.41 bits per heavy atom. The molecular formula is C22H29NO4. The van der Waals surface area contributed by atoms with Gasteiger partial charge in [0.25, 0.3) is 0 Å². The first kappa shape index (κ1) is 18.4. The fourth-order valence-corrected chi connectivity index (χ4v) is 4.70. The van der Waals surface area contributed by atoms with E-state index in [1.54, 1.807) is 7.11 Å². The molecule has 0 saturated heterocycles. The number of unbranched alkanes of at least 4 members (excludes halogenated alkanes) is 1. The fraction of sp³-hybridized carbons (Fsp3) is 0.591. The molecule has 0 bridgehead atoms. The molecule has 5 heteroatoms. The van der Waals surface area contributed by atoms with E-state index in [9.17, 15) is 4.79 Å². The van der Waals surface area contributed by atoms with Gasteiger partial charge < -0.3 is 19.1 Å². The highest BCUT2D eigenvalue weighted by Crippen LogP contribution is 2.55. The van der Waals surface area contributed by atoms with Crippen LogP contribution in [0.1, 0.15) is 50.2 Å². The number of methoxy groups -OCH3 is 1. The first-order valence-electron chi connectivity index (χ1n) is 10.0. The van der Waals surface area contributed by atoms with Gasteiger partial charge in [0.1, 0.15) is 12.2 Å². The van der Waals surface area contributed by atoms with Crippen LogP contribution in [0.4, 0.5) is 0 Å². The highest BCUT2D eigenvalue weighted by Gasteiger charge is 2.53. The Labute approximate surface area is 161 Å². The zero-order chi connectivity index (χ0) is 19.0. The first-order valence-corrected chi connectivity index (χ1v) is 10.0. The van der Waals surface area contributed by atoms with Gasteiger partial charge in [0.05, 0.1) is 12.5 Å². The van der Waals surface area contributed by atoms with Crippen LogP contribution in [0.2, 0.25) is 0 Å². The van der Waals surface area contributed by atoms with E-state index in [4.69, 9.17) is 14.2 Å². The van der Waals surface area contributed by atoms with Gasteiger partial charge in [0, 0.05) is 24.9 Å². The molecule has 1 spiro atoms. The molecule has 0 radical (unpaired) electrons. The summed E-state index contributed by atoms with van der Waals surface area (Å²) in [7, 11) is 3.85. The van der Waals surface area contributed by atoms with E-state index in [-0.39, 0.29) is 23.6 Å². The Morgan fingerprint density at radius 3 is 3.04 bits per heavy atom. The van der Waals surface area contributed by atoms with Crippen LogP contribution in [0.3, 0.4) is 0 Å². The summed E-state index contributed by atoms with van der Waals surface area (Å²) in [6.45, 7) is 3.99. The molecule has 2 heterocycles. The lowest BCUT2D eigenvalue weighted by atomic mass is 9.69. The van der Waals surface area contributed by atoms with E-state index in [0.29, 0.717) is 12.8 Å². The Morgan fingerprint density at radius 2 is 2.26 bits per heavy atom. The summed E-state index contributed by atoms with van der Waals surface area (Å²) >= 11 is 0. The van der Waals surface area contributed by atoms with Gasteiger partial charge in [-0.3, -0.25) is 4.79 Å². The van der Waals surface area contributed by atoms with Crippen LogP contribution in [-0.4, -0.2) is 43.8 Å². The van der Waals surface area contributed by atoms with Crippen molar-refractivity contribution in [1.82, 2.24) is 4.90 Å². The van der Waals surface area contributed by atoms with Gasteiger partial charge in [-0.1, -0.05) is 25.5 Å². The molecule has 1 aromatic carbocycles. The van der Waals surface area contributed by atoms with Gasteiger partial charge >= 0.3 is 5.97 Å². The van der Waals surface area contributed by atoms with Crippen LogP contribution >= 0.6 is 0 Å². The number of nitrogens with zero attached hydrogens (tertiary/aromatic N) is 1. The molecule has 146 valence electrons.